The molecule has 29 heavy (non-hydrogen) atoms. The van der Waals surface area contributed by atoms with Gasteiger partial charge in [-0.25, -0.2) is 0 Å². The molecular weight excluding hydrogens is 360 g/mol. The van der Waals surface area contributed by atoms with Gasteiger partial charge in [0.25, 0.3) is 0 Å². The normalized spacial score (nSPS) is 10.1. The maximum atomic E-state index is 13.4. The minimum atomic E-state index is -0.237. The van der Waals surface area contributed by atoms with Crippen LogP contribution in [0.3, 0.4) is 0 Å². The summed E-state index contributed by atoms with van der Waals surface area (Å²) in [6, 6.07) is 27.6. The number of benzene rings is 3. The Bertz CT molecular complexity index is 1210. The van der Waals surface area contributed by atoms with Gasteiger partial charge in [-0.05, 0) is 12.1 Å². The van der Waals surface area contributed by atoms with Gasteiger partial charge in [-0.3, -0.25) is 9.59 Å². The van der Waals surface area contributed by atoms with Crippen molar-refractivity contribution in [2.45, 2.75) is 0 Å². The highest BCUT2D eigenvalue weighted by atomic mass is 16.3. The summed E-state index contributed by atoms with van der Waals surface area (Å²) >= 11 is 0. The van der Waals surface area contributed by atoms with E-state index in [0.29, 0.717) is 34.3 Å². The van der Waals surface area contributed by atoms with E-state index in [-0.39, 0.29) is 11.5 Å². The molecule has 1 heterocycles. The molecule has 138 valence electrons. The Labute approximate surface area is 168 Å². The third kappa shape index (κ3) is 3.78. The van der Waals surface area contributed by atoms with Crippen molar-refractivity contribution in [3.63, 3.8) is 0 Å². The Balaban J connectivity index is 1.94. The summed E-state index contributed by atoms with van der Waals surface area (Å²) in [7, 11) is 0. The van der Waals surface area contributed by atoms with Crippen molar-refractivity contribution >= 4 is 12.1 Å². The number of carbonyl (C=O) groups is 2. The number of ketones is 1. The highest BCUT2D eigenvalue weighted by Gasteiger charge is 2.26. The van der Waals surface area contributed by atoms with Crippen LogP contribution in [-0.2, 0) is 0 Å². The minimum absolute atomic E-state index is 0.0477. The zero-order valence-electron chi connectivity index (χ0n) is 15.5. The van der Waals surface area contributed by atoms with Gasteiger partial charge in [-0.1, -0.05) is 90.7 Å². The molecule has 0 saturated heterocycles. The van der Waals surface area contributed by atoms with Crippen molar-refractivity contribution in [1.82, 2.24) is 0 Å². The molecule has 0 fully saturated rings. The molecule has 3 heteroatoms. The van der Waals surface area contributed by atoms with Gasteiger partial charge in [0.15, 0.2) is 17.8 Å². The maximum absolute atomic E-state index is 13.4. The van der Waals surface area contributed by atoms with Gasteiger partial charge in [-0.2, -0.15) is 0 Å². The lowest BCUT2D eigenvalue weighted by Crippen LogP contribution is -2.04. The number of rotatable bonds is 4. The van der Waals surface area contributed by atoms with Crippen molar-refractivity contribution < 1.29 is 14.0 Å². The predicted molar refractivity (Wildman–Crippen MR) is 112 cm³/mol. The number of aldehydes is 1. The van der Waals surface area contributed by atoms with E-state index in [0.717, 1.165) is 5.56 Å². The van der Waals surface area contributed by atoms with Crippen LogP contribution in [0.5, 0.6) is 0 Å². The molecule has 0 aliphatic heterocycles. The summed E-state index contributed by atoms with van der Waals surface area (Å²) in [4.78, 5) is 25.1. The summed E-state index contributed by atoms with van der Waals surface area (Å²) in [5.74, 6) is 6.18. The summed E-state index contributed by atoms with van der Waals surface area (Å²) in [6.07, 6.45) is 0.600. The third-order valence-corrected chi connectivity index (χ3v) is 4.45. The summed E-state index contributed by atoms with van der Waals surface area (Å²) in [5, 5.41) is 0. The van der Waals surface area contributed by atoms with Crippen LogP contribution >= 0.6 is 0 Å². The maximum Gasteiger partial charge on any atom is 0.198 e. The fraction of sp³-hybridized carbons (Fsp3) is 0. The molecule has 0 saturated carbocycles. The molecule has 0 unspecified atom stereocenters. The van der Waals surface area contributed by atoms with Crippen LogP contribution in [0.4, 0.5) is 0 Å². The topological polar surface area (TPSA) is 47.3 Å². The zero-order chi connectivity index (χ0) is 20.1. The number of carbonyl (C=O) groups excluding carboxylic acids is 2. The Hall–Kier alpha value is -4.16. The second kappa shape index (κ2) is 8.24. The first kappa shape index (κ1) is 18.2. The van der Waals surface area contributed by atoms with E-state index >= 15 is 0 Å². The number of hydrogen-bond donors (Lipinski definition) is 0. The van der Waals surface area contributed by atoms with Gasteiger partial charge in [-0.15, -0.1) is 0 Å². The van der Waals surface area contributed by atoms with E-state index in [1.54, 1.807) is 24.3 Å². The Morgan fingerprint density at radius 2 is 1.34 bits per heavy atom. The molecule has 4 rings (SSSR count). The van der Waals surface area contributed by atoms with Crippen molar-refractivity contribution in [1.29, 1.82) is 0 Å². The lowest BCUT2D eigenvalue weighted by Gasteiger charge is -2.03. The number of hydrogen-bond acceptors (Lipinski definition) is 3. The average molecular weight is 376 g/mol. The highest BCUT2D eigenvalue weighted by Crippen LogP contribution is 2.32. The van der Waals surface area contributed by atoms with Gasteiger partial charge in [0.2, 0.25) is 0 Å². The predicted octanol–water partition coefficient (Wildman–Crippen LogP) is 5.39. The summed E-state index contributed by atoms with van der Waals surface area (Å²) in [6.45, 7) is 0. The first-order chi connectivity index (χ1) is 14.3. The molecule has 4 aromatic rings. The van der Waals surface area contributed by atoms with E-state index in [9.17, 15) is 9.59 Å². The molecule has 3 aromatic carbocycles. The molecule has 3 nitrogen and oxygen atoms in total. The van der Waals surface area contributed by atoms with E-state index < -0.39 is 0 Å². The van der Waals surface area contributed by atoms with Gasteiger partial charge in [0.05, 0.1) is 11.1 Å². The molecule has 0 atom stereocenters. The van der Waals surface area contributed by atoms with Crippen LogP contribution in [0.15, 0.2) is 95.4 Å². The molecule has 0 N–H and O–H groups in total. The van der Waals surface area contributed by atoms with E-state index in [4.69, 9.17) is 4.42 Å². The quantitative estimate of drug-likeness (QED) is 0.273. The molecule has 0 aliphatic carbocycles. The lowest BCUT2D eigenvalue weighted by atomic mass is 9.96. The van der Waals surface area contributed by atoms with Crippen LogP contribution < -0.4 is 0 Å². The molecule has 0 bridgehead atoms. The molecule has 0 radical (unpaired) electrons. The molecule has 0 aliphatic rings. The van der Waals surface area contributed by atoms with Crippen molar-refractivity contribution in [3.8, 4) is 23.2 Å². The SMILES string of the molecule is O=Cc1oc(-c2ccccc2)c(C(=O)c2ccccc2)c1C#Cc1ccccc1. The van der Waals surface area contributed by atoms with Gasteiger partial charge >= 0.3 is 0 Å². The zero-order valence-corrected chi connectivity index (χ0v) is 15.5. The van der Waals surface area contributed by atoms with Crippen molar-refractivity contribution in [3.05, 3.63) is 119 Å². The lowest BCUT2D eigenvalue weighted by molar-refractivity contribution is 0.103. The number of furan rings is 1. The Morgan fingerprint density at radius 1 is 0.759 bits per heavy atom. The second-order valence-electron chi connectivity index (χ2n) is 6.34. The molecule has 0 amide bonds. The van der Waals surface area contributed by atoms with E-state index in [2.05, 4.69) is 11.8 Å². The monoisotopic (exact) mass is 376 g/mol. The molecule has 1 aromatic heterocycles. The Morgan fingerprint density at radius 3 is 1.97 bits per heavy atom. The summed E-state index contributed by atoms with van der Waals surface area (Å²) < 4.78 is 5.82. The molecule has 0 spiro atoms. The Kier molecular flexibility index (Phi) is 5.18. The minimum Gasteiger partial charge on any atom is -0.451 e. The highest BCUT2D eigenvalue weighted by molar-refractivity contribution is 6.14. The van der Waals surface area contributed by atoms with Gasteiger partial charge in [0, 0.05) is 16.7 Å². The first-order valence-electron chi connectivity index (χ1n) is 9.12. The fourth-order valence-electron chi connectivity index (χ4n) is 3.06. The van der Waals surface area contributed by atoms with Crippen LogP contribution in [0.25, 0.3) is 11.3 Å². The van der Waals surface area contributed by atoms with Crippen LogP contribution in [-0.4, -0.2) is 12.1 Å². The van der Waals surface area contributed by atoms with E-state index in [1.807, 2.05) is 66.7 Å². The average Bonchev–Trinajstić information content (AvgIpc) is 3.17. The molecular formula is C26H16O3. The smallest absolute Gasteiger partial charge is 0.198 e. The fourth-order valence-corrected chi connectivity index (χ4v) is 3.06. The van der Waals surface area contributed by atoms with Crippen LogP contribution in [0.2, 0.25) is 0 Å². The largest absolute Gasteiger partial charge is 0.451 e. The standard InChI is InChI=1S/C26H16O3/c27-18-23-22(17-16-19-10-4-1-5-11-19)24(25(28)20-12-6-2-7-13-20)26(29-23)21-14-8-3-9-15-21/h1-15,18H. The van der Waals surface area contributed by atoms with Crippen molar-refractivity contribution in [2.75, 3.05) is 0 Å². The first-order valence-corrected chi connectivity index (χ1v) is 9.12. The van der Waals surface area contributed by atoms with Gasteiger partial charge < -0.3 is 4.42 Å². The van der Waals surface area contributed by atoms with Crippen LogP contribution in [0.1, 0.15) is 37.6 Å². The second-order valence-corrected chi connectivity index (χ2v) is 6.34. The van der Waals surface area contributed by atoms with Crippen molar-refractivity contribution in [2.24, 2.45) is 0 Å². The van der Waals surface area contributed by atoms with Crippen LogP contribution in [0, 0.1) is 11.8 Å². The third-order valence-electron chi connectivity index (χ3n) is 4.45. The van der Waals surface area contributed by atoms with E-state index in [1.165, 1.54) is 0 Å². The summed E-state index contributed by atoms with van der Waals surface area (Å²) in [5.41, 5.74) is 2.60. The van der Waals surface area contributed by atoms with Gasteiger partial charge in [0.1, 0.15) is 5.76 Å².